The predicted octanol–water partition coefficient (Wildman–Crippen LogP) is 2.93. The van der Waals surface area contributed by atoms with E-state index in [1.54, 1.807) is 0 Å². The molecule has 0 spiro atoms. The van der Waals surface area contributed by atoms with Gasteiger partial charge >= 0.3 is 0 Å². The van der Waals surface area contributed by atoms with Gasteiger partial charge < -0.3 is 15.2 Å². The van der Waals surface area contributed by atoms with E-state index < -0.39 is 0 Å². The van der Waals surface area contributed by atoms with Gasteiger partial charge in [-0.05, 0) is 43.9 Å². The Labute approximate surface area is 106 Å². The molecule has 1 fully saturated rings. The molecule has 0 unspecified atom stereocenters. The SMILES string of the molecule is CCOCOC1(CN)CCC(C(C)(C)C)CC1. The summed E-state index contributed by atoms with van der Waals surface area (Å²) in [4.78, 5) is 0. The first-order valence-electron chi connectivity index (χ1n) is 6.85. The summed E-state index contributed by atoms with van der Waals surface area (Å²) in [6, 6.07) is 0. The summed E-state index contributed by atoms with van der Waals surface area (Å²) in [7, 11) is 0. The summed E-state index contributed by atoms with van der Waals surface area (Å²) in [5.74, 6) is 0.790. The third kappa shape index (κ3) is 4.23. The Balaban J connectivity index is 2.45. The van der Waals surface area contributed by atoms with E-state index in [2.05, 4.69) is 20.8 Å². The highest BCUT2D eigenvalue weighted by molar-refractivity contribution is 4.91. The van der Waals surface area contributed by atoms with Crippen molar-refractivity contribution in [3.05, 3.63) is 0 Å². The fourth-order valence-corrected chi connectivity index (χ4v) is 2.67. The molecule has 0 saturated heterocycles. The Morgan fingerprint density at radius 2 is 1.82 bits per heavy atom. The molecule has 102 valence electrons. The zero-order valence-electron chi connectivity index (χ0n) is 11.9. The average molecular weight is 243 g/mol. The Hall–Kier alpha value is -0.120. The maximum absolute atomic E-state index is 5.89. The summed E-state index contributed by atoms with van der Waals surface area (Å²) in [6.07, 6.45) is 4.57. The monoisotopic (exact) mass is 243 g/mol. The van der Waals surface area contributed by atoms with Crippen molar-refractivity contribution < 1.29 is 9.47 Å². The van der Waals surface area contributed by atoms with Crippen LogP contribution in [0.3, 0.4) is 0 Å². The zero-order chi connectivity index (χ0) is 12.9. The molecule has 0 aromatic heterocycles. The summed E-state index contributed by atoms with van der Waals surface area (Å²) >= 11 is 0. The lowest BCUT2D eigenvalue weighted by atomic mass is 9.68. The second-order valence-corrected chi connectivity index (χ2v) is 6.28. The minimum atomic E-state index is -0.128. The van der Waals surface area contributed by atoms with Crippen molar-refractivity contribution in [1.29, 1.82) is 0 Å². The standard InChI is InChI=1S/C14H29NO2/c1-5-16-11-17-14(10-15)8-6-12(7-9-14)13(2,3)4/h12H,5-11,15H2,1-4H3. The van der Waals surface area contributed by atoms with Gasteiger partial charge in [0.25, 0.3) is 0 Å². The van der Waals surface area contributed by atoms with Crippen LogP contribution in [0.4, 0.5) is 0 Å². The van der Waals surface area contributed by atoms with Gasteiger partial charge in [0.15, 0.2) is 0 Å². The first-order valence-corrected chi connectivity index (χ1v) is 6.85. The molecule has 1 aliphatic rings. The maximum Gasteiger partial charge on any atom is 0.147 e. The van der Waals surface area contributed by atoms with E-state index in [0.717, 1.165) is 18.8 Å². The van der Waals surface area contributed by atoms with Crippen LogP contribution < -0.4 is 5.73 Å². The first-order chi connectivity index (χ1) is 7.93. The summed E-state index contributed by atoms with van der Waals surface area (Å²) < 4.78 is 11.2. The van der Waals surface area contributed by atoms with Crippen molar-refractivity contribution in [2.75, 3.05) is 19.9 Å². The second kappa shape index (κ2) is 6.17. The zero-order valence-corrected chi connectivity index (χ0v) is 11.9. The van der Waals surface area contributed by atoms with Crippen molar-refractivity contribution >= 4 is 0 Å². The van der Waals surface area contributed by atoms with Crippen LogP contribution in [0.1, 0.15) is 53.4 Å². The summed E-state index contributed by atoms with van der Waals surface area (Å²) in [5, 5.41) is 0. The van der Waals surface area contributed by atoms with E-state index in [1.165, 1.54) is 12.8 Å². The van der Waals surface area contributed by atoms with E-state index in [1.807, 2.05) is 6.92 Å². The van der Waals surface area contributed by atoms with Crippen molar-refractivity contribution in [1.82, 2.24) is 0 Å². The molecule has 0 aliphatic heterocycles. The Bertz CT molecular complexity index is 215. The van der Waals surface area contributed by atoms with Gasteiger partial charge in [-0.25, -0.2) is 0 Å². The van der Waals surface area contributed by atoms with Gasteiger partial charge in [-0.2, -0.15) is 0 Å². The van der Waals surface area contributed by atoms with Crippen LogP contribution >= 0.6 is 0 Å². The van der Waals surface area contributed by atoms with Gasteiger partial charge in [0.2, 0.25) is 0 Å². The largest absolute Gasteiger partial charge is 0.356 e. The van der Waals surface area contributed by atoms with Crippen molar-refractivity contribution in [2.45, 2.75) is 59.0 Å². The molecule has 3 nitrogen and oxygen atoms in total. The predicted molar refractivity (Wildman–Crippen MR) is 70.8 cm³/mol. The molecule has 1 saturated carbocycles. The maximum atomic E-state index is 5.89. The van der Waals surface area contributed by atoms with Crippen LogP contribution in [0.5, 0.6) is 0 Å². The molecule has 1 rings (SSSR count). The van der Waals surface area contributed by atoms with Gasteiger partial charge in [0.05, 0.1) is 5.60 Å². The van der Waals surface area contributed by atoms with Gasteiger partial charge in [0.1, 0.15) is 6.79 Å². The normalized spacial score (nSPS) is 30.5. The molecule has 0 heterocycles. The van der Waals surface area contributed by atoms with Crippen LogP contribution in [-0.2, 0) is 9.47 Å². The molecule has 0 amide bonds. The van der Waals surface area contributed by atoms with Gasteiger partial charge in [-0.1, -0.05) is 20.8 Å². The molecule has 0 atom stereocenters. The number of rotatable bonds is 5. The van der Waals surface area contributed by atoms with Crippen LogP contribution in [-0.4, -0.2) is 25.5 Å². The highest BCUT2D eigenvalue weighted by atomic mass is 16.7. The molecule has 0 radical (unpaired) electrons. The van der Waals surface area contributed by atoms with E-state index in [4.69, 9.17) is 15.2 Å². The fourth-order valence-electron chi connectivity index (χ4n) is 2.67. The molecule has 0 aromatic carbocycles. The van der Waals surface area contributed by atoms with Crippen LogP contribution in [0.15, 0.2) is 0 Å². The molecule has 0 bridgehead atoms. The van der Waals surface area contributed by atoms with E-state index in [9.17, 15) is 0 Å². The van der Waals surface area contributed by atoms with Crippen molar-refractivity contribution in [2.24, 2.45) is 17.1 Å². The Morgan fingerprint density at radius 3 is 2.24 bits per heavy atom. The van der Waals surface area contributed by atoms with Crippen LogP contribution in [0, 0.1) is 11.3 Å². The molecule has 3 heteroatoms. The van der Waals surface area contributed by atoms with E-state index in [0.29, 0.717) is 25.4 Å². The molecule has 17 heavy (non-hydrogen) atoms. The van der Waals surface area contributed by atoms with Crippen LogP contribution in [0.2, 0.25) is 0 Å². The number of ether oxygens (including phenoxy) is 2. The summed E-state index contributed by atoms with van der Waals surface area (Å²) in [6.45, 7) is 10.7. The molecular weight excluding hydrogens is 214 g/mol. The third-order valence-corrected chi connectivity index (χ3v) is 4.15. The van der Waals surface area contributed by atoms with E-state index in [-0.39, 0.29) is 5.60 Å². The topological polar surface area (TPSA) is 44.5 Å². The number of hydrogen-bond donors (Lipinski definition) is 1. The fraction of sp³-hybridized carbons (Fsp3) is 1.00. The smallest absolute Gasteiger partial charge is 0.147 e. The first kappa shape index (κ1) is 14.9. The molecular formula is C14H29NO2. The van der Waals surface area contributed by atoms with E-state index >= 15 is 0 Å². The lowest BCUT2D eigenvalue weighted by molar-refractivity contribution is -0.156. The minimum absolute atomic E-state index is 0.128. The highest BCUT2D eigenvalue weighted by Crippen LogP contribution is 2.42. The second-order valence-electron chi connectivity index (χ2n) is 6.28. The lowest BCUT2D eigenvalue weighted by Gasteiger charge is -2.43. The summed E-state index contributed by atoms with van der Waals surface area (Å²) in [5.41, 5.74) is 6.17. The van der Waals surface area contributed by atoms with Crippen molar-refractivity contribution in [3.8, 4) is 0 Å². The molecule has 1 aliphatic carbocycles. The average Bonchev–Trinajstić information content (AvgIpc) is 2.29. The quantitative estimate of drug-likeness (QED) is 0.596. The Kier molecular flexibility index (Phi) is 5.42. The Morgan fingerprint density at radius 1 is 1.24 bits per heavy atom. The van der Waals surface area contributed by atoms with Gasteiger partial charge in [0, 0.05) is 13.2 Å². The van der Waals surface area contributed by atoms with Gasteiger partial charge in [-0.15, -0.1) is 0 Å². The van der Waals surface area contributed by atoms with Crippen molar-refractivity contribution in [3.63, 3.8) is 0 Å². The number of nitrogens with two attached hydrogens (primary N) is 1. The van der Waals surface area contributed by atoms with Crippen LogP contribution in [0.25, 0.3) is 0 Å². The minimum Gasteiger partial charge on any atom is -0.356 e. The molecule has 0 aromatic rings. The molecule has 2 N–H and O–H groups in total. The third-order valence-electron chi connectivity index (χ3n) is 4.15. The number of hydrogen-bond acceptors (Lipinski definition) is 3. The highest BCUT2D eigenvalue weighted by Gasteiger charge is 2.38. The van der Waals surface area contributed by atoms with Gasteiger partial charge in [-0.3, -0.25) is 0 Å². The lowest BCUT2D eigenvalue weighted by Crippen LogP contribution is -2.46.